The number of aromatic nitrogens is 1. The molecule has 0 saturated carbocycles. The molecule has 0 fully saturated rings. The first-order valence-corrected chi connectivity index (χ1v) is 4.65. The van der Waals surface area contributed by atoms with Crippen molar-refractivity contribution in [3.05, 3.63) is 18.3 Å². The third-order valence-electron chi connectivity index (χ3n) is 1.65. The van der Waals surface area contributed by atoms with Gasteiger partial charge in [0, 0.05) is 12.6 Å². The Morgan fingerprint density at radius 3 is 3.00 bits per heavy atom. The maximum atomic E-state index is 11.1. The Labute approximate surface area is 83.3 Å². The van der Waals surface area contributed by atoms with Crippen LogP contribution >= 0.6 is 0 Å². The van der Waals surface area contributed by atoms with Crippen LogP contribution in [0.2, 0.25) is 0 Å². The van der Waals surface area contributed by atoms with Crippen molar-refractivity contribution >= 4 is 11.7 Å². The highest BCUT2D eigenvalue weighted by molar-refractivity contribution is 5.90. The van der Waals surface area contributed by atoms with Gasteiger partial charge in [0.25, 0.3) is 0 Å². The van der Waals surface area contributed by atoms with E-state index in [0.717, 1.165) is 0 Å². The van der Waals surface area contributed by atoms with E-state index in [9.17, 15) is 4.79 Å². The molecule has 4 nitrogen and oxygen atoms in total. The molecule has 0 saturated heterocycles. The summed E-state index contributed by atoms with van der Waals surface area (Å²) >= 11 is 0. The summed E-state index contributed by atoms with van der Waals surface area (Å²) in [6.07, 6.45) is 2.05. The lowest BCUT2D eigenvalue weighted by Gasteiger charge is -2.08. The number of amides is 1. The molecule has 1 N–H and O–H groups in total. The number of hydrogen-bond acceptors (Lipinski definition) is 3. The third-order valence-corrected chi connectivity index (χ3v) is 1.65. The predicted octanol–water partition coefficient (Wildman–Crippen LogP) is 1.83. The highest BCUT2D eigenvalue weighted by Crippen LogP contribution is 2.20. The minimum absolute atomic E-state index is 0.0651. The van der Waals surface area contributed by atoms with E-state index >= 15 is 0 Å². The van der Waals surface area contributed by atoms with Gasteiger partial charge in [-0.25, -0.2) is 4.98 Å². The van der Waals surface area contributed by atoms with E-state index in [1.165, 1.54) is 0 Å². The van der Waals surface area contributed by atoms with Crippen molar-refractivity contribution in [1.82, 2.24) is 4.98 Å². The van der Waals surface area contributed by atoms with E-state index in [2.05, 4.69) is 10.3 Å². The molecule has 1 amide bonds. The van der Waals surface area contributed by atoms with E-state index < -0.39 is 0 Å². The Morgan fingerprint density at radius 1 is 1.57 bits per heavy atom. The first-order valence-electron chi connectivity index (χ1n) is 4.65. The second-order valence-electron chi connectivity index (χ2n) is 2.68. The zero-order chi connectivity index (χ0) is 10.4. The summed E-state index contributed by atoms with van der Waals surface area (Å²) in [5, 5.41) is 2.67. The largest absolute Gasteiger partial charge is 0.490 e. The number of pyridine rings is 1. The monoisotopic (exact) mass is 194 g/mol. The highest BCUT2D eigenvalue weighted by Gasteiger charge is 2.06. The van der Waals surface area contributed by atoms with Crippen molar-refractivity contribution in [3.63, 3.8) is 0 Å². The lowest BCUT2D eigenvalue weighted by molar-refractivity contribution is -0.115. The van der Waals surface area contributed by atoms with Crippen molar-refractivity contribution in [3.8, 4) is 5.75 Å². The van der Waals surface area contributed by atoms with Crippen molar-refractivity contribution in [2.75, 3.05) is 11.9 Å². The number of ether oxygens (including phenoxy) is 1. The first-order chi connectivity index (χ1) is 6.77. The quantitative estimate of drug-likeness (QED) is 0.795. The van der Waals surface area contributed by atoms with Crippen LogP contribution in [0.5, 0.6) is 5.75 Å². The van der Waals surface area contributed by atoms with Gasteiger partial charge in [0.05, 0.1) is 6.61 Å². The number of anilines is 1. The predicted molar refractivity (Wildman–Crippen MR) is 54.3 cm³/mol. The fraction of sp³-hybridized carbons (Fsp3) is 0.400. The van der Waals surface area contributed by atoms with E-state index in [0.29, 0.717) is 24.6 Å². The topological polar surface area (TPSA) is 51.2 Å². The number of nitrogens with zero attached hydrogens (tertiary/aromatic N) is 1. The Kier molecular flexibility index (Phi) is 3.91. The highest BCUT2D eigenvalue weighted by atomic mass is 16.5. The van der Waals surface area contributed by atoms with Gasteiger partial charge < -0.3 is 10.1 Å². The fourth-order valence-electron chi connectivity index (χ4n) is 0.977. The molecule has 1 heterocycles. The summed E-state index contributed by atoms with van der Waals surface area (Å²) in [4.78, 5) is 15.2. The zero-order valence-corrected chi connectivity index (χ0v) is 8.41. The van der Waals surface area contributed by atoms with Crippen LogP contribution < -0.4 is 10.1 Å². The summed E-state index contributed by atoms with van der Waals surface area (Å²) in [5.41, 5.74) is 0. The molecule has 14 heavy (non-hydrogen) atoms. The molecule has 0 radical (unpaired) electrons. The van der Waals surface area contributed by atoms with Crippen LogP contribution in [0.1, 0.15) is 20.3 Å². The van der Waals surface area contributed by atoms with Gasteiger partial charge in [-0.2, -0.15) is 0 Å². The lowest BCUT2D eigenvalue weighted by atomic mass is 10.4. The van der Waals surface area contributed by atoms with Crippen LogP contribution in [0.15, 0.2) is 18.3 Å². The van der Waals surface area contributed by atoms with Crippen molar-refractivity contribution < 1.29 is 9.53 Å². The normalized spacial score (nSPS) is 9.57. The van der Waals surface area contributed by atoms with Crippen molar-refractivity contribution in [1.29, 1.82) is 0 Å². The van der Waals surface area contributed by atoms with E-state index in [4.69, 9.17) is 4.74 Å². The Morgan fingerprint density at radius 2 is 2.36 bits per heavy atom. The Balaban J connectivity index is 2.78. The second-order valence-corrected chi connectivity index (χ2v) is 2.68. The molecular formula is C10H14N2O2. The number of nitrogens with one attached hydrogen (secondary N) is 1. The molecule has 0 aromatic carbocycles. The van der Waals surface area contributed by atoms with Crippen LogP contribution in [-0.2, 0) is 4.79 Å². The first kappa shape index (κ1) is 10.5. The van der Waals surface area contributed by atoms with E-state index in [1.54, 1.807) is 25.3 Å². The molecule has 1 rings (SSSR count). The van der Waals surface area contributed by atoms with Crippen LogP contribution in [0.4, 0.5) is 5.82 Å². The van der Waals surface area contributed by atoms with Gasteiger partial charge in [0.15, 0.2) is 11.6 Å². The van der Waals surface area contributed by atoms with Gasteiger partial charge in [-0.15, -0.1) is 0 Å². The molecule has 0 unspecified atom stereocenters. The molecule has 0 atom stereocenters. The van der Waals surface area contributed by atoms with Crippen LogP contribution in [0.25, 0.3) is 0 Å². The molecule has 0 spiro atoms. The van der Waals surface area contributed by atoms with Gasteiger partial charge in [0.2, 0.25) is 5.91 Å². The third kappa shape index (κ3) is 2.73. The average molecular weight is 194 g/mol. The fourth-order valence-corrected chi connectivity index (χ4v) is 0.977. The Bertz CT molecular complexity index is 313. The summed E-state index contributed by atoms with van der Waals surface area (Å²) < 4.78 is 5.31. The van der Waals surface area contributed by atoms with Crippen LogP contribution in [0, 0.1) is 0 Å². The van der Waals surface area contributed by atoms with Gasteiger partial charge in [-0.1, -0.05) is 6.92 Å². The SMILES string of the molecule is CCOc1cccnc1NC(=O)CC. The minimum atomic E-state index is -0.0651. The summed E-state index contributed by atoms with van der Waals surface area (Å²) in [5.74, 6) is 1.03. The number of carbonyl (C=O) groups is 1. The van der Waals surface area contributed by atoms with Gasteiger partial charge in [0.1, 0.15) is 0 Å². The van der Waals surface area contributed by atoms with Gasteiger partial charge in [-0.05, 0) is 19.1 Å². The number of hydrogen-bond donors (Lipinski definition) is 1. The molecular weight excluding hydrogens is 180 g/mol. The van der Waals surface area contributed by atoms with E-state index in [-0.39, 0.29) is 5.91 Å². The molecule has 76 valence electrons. The van der Waals surface area contributed by atoms with Crippen molar-refractivity contribution in [2.24, 2.45) is 0 Å². The summed E-state index contributed by atoms with van der Waals surface area (Å²) in [6, 6.07) is 3.55. The summed E-state index contributed by atoms with van der Waals surface area (Å²) in [7, 11) is 0. The maximum absolute atomic E-state index is 11.1. The van der Waals surface area contributed by atoms with Gasteiger partial charge in [-0.3, -0.25) is 4.79 Å². The molecule has 1 aromatic heterocycles. The zero-order valence-electron chi connectivity index (χ0n) is 8.41. The number of rotatable bonds is 4. The molecule has 0 aliphatic carbocycles. The summed E-state index contributed by atoms with van der Waals surface area (Å²) in [6.45, 7) is 4.23. The van der Waals surface area contributed by atoms with Crippen LogP contribution in [0.3, 0.4) is 0 Å². The average Bonchev–Trinajstić information content (AvgIpc) is 2.21. The Hall–Kier alpha value is -1.58. The molecule has 4 heteroatoms. The molecule has 1 aromatic rings. The van der Waals surface area contributed by atoms with Gasteiger partial charge >= 0.3 is 0 Å². The standard InChI is InChI=1S/C10H14N2O2/c1-3-9(13)12-10-8(14-4-2)6-5-7-11-10/h5-7H,3-4H2,1-2H3,(H,11,12,13). The van der Waals surface area contributed by atoms with Crippen LogP contribution in [-0.4, -0.2) is 17.5 Å². The molecule has 0 bridgehead atoms. The molecule has 0 aliphatic heterocycles. The maximum Gasteiger partial charge on any atom is 0.225 e. The second kappa shape index (κ2) is 5.21. The smallest absolute Gasteiger partial charge is 0.225 e. The minimum Gasteiger partial charge on any atom is -0.490 e. The van der Waals surface area contributed by atoms with Crippen molar-refractivity contribution in [2.45, 2.75) is 20.3 Å². The molecule has 0 aliphatic rings. The van der Waals surface area contributed by atoms with E-state index in [1.807, 2.05) is 6.92 Å². The number of carbonyl (C=O) groups excluding carboxylic acids is 1. The lowest BCUT2D eigenvalue weighted by Crippen LogP contribution is -2.12.